The first-order valence-corrected chi connectivity index (χ1v) is 6.36. The van der Waals surface area contributed by atoms with Gasteiger partial charge in [-0.3, -0.25) is 10.1 Å². The van der Waals surface area contributed by atoms with Gasteiger partial charge in [-0.25, -0.2) is 9.67 Å². The zero-order valence-electron chi connectivity index (χ0n) is 14.7. The molecule has 118 valence electrons. The van der Waals surface area contributed by atoms with Crippen molar-refractivity contribution in [2.75, 3.05) is 20.3 Å². The summed E-state index contributed by atoms with van der Waals surface area (Å²) in [7, 11) is -2.74. The van der Waals surface area contributed by atoms with Gasteiger partial charge in [-0.15, -0.1) is 5.10 Å². The monoisotopic (exact) mass is 311 g/mol. The molecular weight excluding hydrogens is 292 g/mol. The van der Waals surface area contributed by atoms with Crippen molar-refractivity contribution in [2.24, 2.45) is 0 Å². The number of methoxy groups -OCH3 is 1. The van der Waals surface area contributed by atoms with E-state index >= 15 is 0 Å². The molecule has 1 N–H and O–H groups in total. The summed E-state index contributed by atoms with van der Waals surface area (Å²) in [6.07, 6.45) is 1.61. The molecular formula is C13H16N4O5. The quantitative estimate of drug-likeness (QED) is 0.465. The van der Waals surface area contributed by atoms with Gasteiger partial charge in [0, 0.05) is 19.2 Å². The van der Waals surface area contributed by atoms with Crippen LogP contribution in [0.4, 0.5) is 5.69 Å². The van der Waals surface area contributed by atoms with Crippen LogP contribution in [0.3, 0.4) is 0 Å². The number of aliphatic hydroxyl groups excluding tert-OH is 1. The van der Waals surface area contributed by atoms with Crippen LogP contribution in [0.1, 0.15) is 16.2 Å². The maximum absolute atomic E-state index is 11.3. The van der Waals surface area contributed by atoms with Gasteiger partial charge in [0.25, 0.3) is 0 Å². The van der Waals surface area contributed by atoms with Gasteiger partial charge in [0.15, 0.2) is 0 Å². The molecule has 9 heteroatoms. The van der Waals surface area contributed by atoms with E-state index < -0.39 is 12.0 Å². The largest absolute Gasteiger partial charge is 0.479 e. The first-order valence-electron chi connectivity index (χ1n) is 7.86. The molecule has 9 nitrogen and oxygen atoms in total. The van der Waals surface area contributed by atoms with Crippen molar-refractivity contribution in [1.29, 1.82) is 0 Å². The molecule has 22 heavy (non-hydrogen) atoms. The van der Waals surface area contributed by atoms with Crippen molar-refractivity contribution in [3.05, 3.63) is 34.1 Å². The number of nitro groups is 1. The highest BCUT2D eigenvalue weighted by molar-refractivity contribution is 5.51. The van der Waals surface area contributed by atoms with Crippen LogP contribution in [0, 0.1) is 17.0 Å². The number of rotatable bonds is 7. The lowest BCUT2D eigenvalue weighted by atomic mass is 10.3. The molecule has 0 bridgehead atoms. The lowest BCUT2D eigenvalue weighted by Gasteiger charge is -2.07. The Morgan fingerprint density at radius 3 is 3.05 bits per heavy atom. The molecule has 2 aromatic rings. The summed E-state index contributed by atoms with van der Waals surface area (Å²) in [5.41, 5.74) is -0.120. The zero-order valence-corrected chi connectivity index (χ0v) is 11.7. The SMILES string of the molecule is [2H]C([2H])([2H])Oc1ncccc1-n1nc(OCCCO)c([N+](=O)[O-])c1C. The third-order valence-corrected chi connectivity index (χ3v) is 2.85. The Bertz CT molecular complexity index is 763. The Hall–Kier alpha value is -2.68. The van der Waals surface area contributed by atoms with Crippen LogP contribution in [0.25, 0.3) is 5.69 Å². The summed E-state index contributed by atoms with van der Waals surface area (Å²) in [6.45, 7) is 1.35. The van der Waals surface area contributed by atoms with Gasteiger partial charge >= 0.3 is 11.6 Å². The molecule has 0 radical (unpaired) electrons. The van der Waals surface area contributed by atoms with E-state index in [1.54, 1.807) is 0 Å². The molecule has 2 rings (SSSR count). The zero-order chi connectivity index (χ0) is 18.6. The summed E-state index contributed by atoms with van der Waals surface area (Å²) in [5.74, 6) is -0.482. The second-order valence-corrected chi connectivity index (χ2v) is 4.26. The Balaban J connectivity index is 2.50. The van der Waals surface area contributed by atoms with Crippen molar-refractivity contribution in [1.82, 2.24) is 14.8 Å². The van der Waals surface area contributed by atoms with E-state index in [1.165, 1.54) is 25.3 Å². The van der Waals surface area contributed by atoms with Crippen LogP contribution in [0.2, 0.25) is 0 Å². The Morgan fingerprint density at radius 1 is 1.55 bits per heavy atom. The van der Waals surface area contributed by atoms with E-state index in [1.807, 2.05) is 0 Å². The number of pyridine rings is 1. The average molecular weight is 311 g/mol. The molecule has 2 aromatic heterocycles. The third-order valence-electron chi connectivity index (χ3n) is 2.85. The summed E-state index contributed by atoms with van der Waals surface area (Å²) in [4.78, 5) is 14.5. The molecule has 0 aliphatic heterocycles. The number of ether oxygens (including phenoxy) is 2. The standard InChI is InChI=1S/C13H16N4O5/c1-9-11(17(19)20)13(22-8-4-7-18)15-16(9)10-5-3-6-14-12(10)21-2/h3,5-6,18H,4,7-8H2,1-2H3/i2D3. The van der Waals surface area contributed by atoms with E-state index in [4.69, 9.17) is 18.7 Å². The topological polar surface area (TPSA) is 113 Å². The second-order valence-electron chi connectivity index (χ2n) is 4.26. The molecule has 0 aliphatic rings. The predicted molar refractivity (Wildman–Crippen MR) is 76.5 cm³/mol. The molecule has 0 fully saturated rings. The Kier molecular flexibility index (Phi) is 3.71. The number of nitrogens with zero attached hydrogens (tertiary/aromatic N) is 4. The highest BCUT2D eigenvalue weighted by Gasteiger charge is 2.28. The molecule has 0 aliphatic carbocycles. The molecule has 0 atom stereocenters. The summed E-state index contributed by atoms with van der Waals surface area (Å²) < 4.78 is 32.8. The molecule has 0 saturated heterocycles. The number of aliphatic hydroxyl groups is 1. The molecule has 0 saturated carbocycles. The highest BCUT2D eigenvalue weighted by Crippen LogP contribution is 2.33. The number of hydrogen-bond acceptors (Lipinski definition) is 7. The van der Waals surface area contributed by atoms with Gasteiger partial charge in [0.2, 0.25) is 5.88 Å². The first kappa shape index (κ1) is 11.9. The van der Waals surface area contributed by atoms with E-state index in [0.29, 0.717) is 0 Å². The maximum Gasteiger partial charge on any atom is 0.353 e. The predicted octanol–water partition coefficient (Wildman–Crippen LogP) is 1.25. The average Bonchev–Trinajstić information content (AvgIpc) is 2.83. The van der Waals surface area contributed by atoms with Crippen LogP contribution in [0.5, 0.6) is 11.8 Å². The Morgan fingerprint density at radius 2 is 2.36 bits per heavy atom. The van der Waals surface area contributed by atoms with Crippen LogP contribution < -0.4 is 9.47 Å². The molecule has 0 unspecified atom stereocenters. The fourth-order valence-electron chi connectivity index (χ4n) is 1.87. The smallest absolute Gasteiger partial charge is 0.353 e. The van der Waals surface area contributed by atoms with E-state index in [2.05, 4.69) is 10.1 Å². The van der Waals surface area contributed by atoms with Crippen LogP contribution >= 0.6 is 0 Å². The van der Waals surface area contributed by atoms with Crippen molar-refractivity contribution >= 4 is 5.69 Å². The maximum atomic E-state index is 11.3. The van der Waals surface area contributed by atoms with E-state index in [-0.39, 0.29) is 48.5 Å². The molecule has 0 aromatic carbocycles. The minimum absolute atomic E-state index is 0.0411. The lowest BCUT2D eigenvalue weighted by Crippen LogP contribution is -2.04. The van der Waals surface area contributed by atoms with Crippen molar-refractivity contribution in [3.8, 4) is 17.4 Å². The third kappa shape index (κ3) is 2.98. The summed E-state index contributed by atoms with van der Waals surface area (Å²) >= 11 is 0. The van der Waals surface area contributed by atoms with Crippen molar-refractivity contribution in [2.45, 2.75) is 13.3 Å². The normalized spacial score (nSPS) is 13.1. The summed E-state index contributed by atoms with van der Waals surface area (Å²) in [6, 6.07) is 2.98. The van der Waals surface area contributed by atoms with Gasteiger partial charge in [0.05, 0.1) is 22.7 Å². The van der Waals surface area contributed by atoms with Gasteiger partial charge in [0.1, 0.15) is 11.4 Å². The van der Waals surface area contributed by atoms with Crippen LogP contribution in [-0.4, -0.2) is 45.0 Å². The van der Waals surface area contributed by atoms with Gasteiger partial charge in [-0.1, -0.05) is 0 Å². The Labute approximate surface area is 130 Å². The summed E-state index contributed by atoms with van der Waals surface area (Å²) in [5, 5.41) is 24.1. The lowest BCUT2D eigenvalue weighted by molar-refractivity contribution is -0.386. The van der Waals surface area contributed by atoms with Gasteiger partial charge < -0.3 is 14.6 Å². The second kappa shape index (κ2) is 6.85. The minimum atomic E-state index is -2.74. The van der Waals surface area contributed by atoms with E-state index in [0.717, 1.165) is 4.68 Å². The fraction of sp³-hybridized carbons (Fsp3) is 0.385. The fourth-order valence-corrected chi connectivity index (χ4v) is 1.87. The van der Waals surface area contributed by atoms with Crippen molar-refractivity contribution < 1.29 is 23.6 Å². The first-order chi connectivity index (χ1) is 11.7. The molecule has 2 heterocycles. The number of hydrogen-bond donors (Lipinski definition) is 1. The highest BCUT2D eigenvalue weighted by atomic mass is 16.6. The minimum Gasteiger partial charge on any atom is -0.479 e. The molecule has 0 amide bonds. The van der Waals surface area contributed by atoms with Gasteiger partial charge in [-0.2, -0.15) is 0 Å². The van der Waals surface area contributed by atoms with Crippen molar-refractivity contribution in [3.63, 3.8) is 0 Å². The van der Waals surface area contributed by atoms with Gasteiger partial charge in [-0.05, 0) is 19.1 Å². The van der Waals surface area contributed by atoms with E-state index in [9.17, 15) is 10.1 Å². The van der Waals surface area contributed by atoms with Crippen LogP contribution in [-0.2, 0) is 0 Å². The molecule has 0 spiro atoms. The van der Waals surface area contributed by atoms with Crippen LogP contribution in [0.15, 0.2) is 18.3 Å². The number of aromatic nitrogens is 3.